The Bertz CT molecular complexity index is 792. The number of H-pyrrole nitrogens is 1. The summed E-state index contributed by atoms with van der Waals surface area (Å²) in [5.74, 6) is 0.539. The van der Waals surface area contributed by atoms with Crippen LogP contribution in [0.2, 0.25) is 0 Å². The number of nitrogens with zero attached hydrogens (tertiary/aromatic N) is 2. The summed E-state index contributed by atoms with van der Waals surface area (Å²) < 4.78 is 0. The van der Waals surface area contributed by atoms with E-state index in [1.165, 1.54) is 5.56 Å². The molecule has 0 fully saturated rings. The molecule has 1 heterocycles. The van der Waals surface area contributed by atoms with Gasteiger partial charge in [0.05, 0.1) is 0 Å². The van der Waals surface area contributed by atoms with Crippen LogP contribution in [0.3, 0.4) is 0 Å². The Balaban J connectivity index is 1.95. The number of hydrogen-bond donors (Lipinski definition) is 1. The molecular weight excluding hydrogens is 262 g/mol. The number of nitrogens with one attached hydrogen (secondary N) is 1. The Morgan fingerprint density at radius 3 is 2.43 bits per heavy atom. The largest absolute Gasteiger partial charge is 0.286 e. The second-order valence-corrected chi connectivity index (χ2v) is 4.96. The number of benzene rings is 2. The predicted octanol–water partition coefficient (Wildman–Crippen LogP) is 2.73. The molecule has 3 aromatic rings. The van der Waals surface area contributed by atoms with Gasteiger partial charge in [0.2, 0.25) is 0 Å². The molecule has 0 atom stereocenters. The normalized spacial score (nSPS) is 10.5. The van der Waals surface area contributed by atoms with Crippen LogP contribution in [-0.4, -0.2) is 15.2 Å². The van der Waals surface area contributed by atoms with E-state index in [-0.39, 0.29) is 5.56 Å². The van der Waals surface area contributed by atoms with E-state index in [9.17, 15) is 4.79 Å². The summed E-state index contributed by atoms with van der Waals surface area (Å²) in [5, 5.41) is 6.55. The highest BCUT2D eigenvalue weighted by atomic mass is 16.1. The minimum Gasteiger partial charge on any atom is -0.266 e. The highest BCUT2D eigenvalue weighted by Gasteiger charge is 2.08. The van der Waals surface area contributed by atoms with Gasteiger partial charge in [-0.15, -0.1) is 0 Å². The van der Waals surface area contributed by atoms with Gasteiger partial charge in [-0.2, -0.15) is 5.10 Å². The summed E-state index contributed by atoms with van der Waals surface area (Å²) in [7, 11) is 0. The van der Waals surface area contributed by atoms with Gasteiger partial charge in [-0.3, -0.25) is 4.79 Å². The SMILES string of the molecule is Cc1ccc(Cc2nc(-c3ccccc3)n[nH]c2=O)cc1. The zero-order valence-electron chi connectivity index (χ0n) is 11.7. The Labute approximate surface area is 122 Å². The maximum atomic E-state index is 11.9. The molecule has 3 rings (SSSR count). The minimum absolute atomic E-state index is 0.241. The number of aromatic amines is 1. The van der Waals surface area contributed by atoms with Crippen molar-refractivity contribution in [2.24, 2.45) is 0 Å². The average Bonchev–Trinajstić information content (AvgIpc) is 2.52. The van der Waals surface area contributed by atoms with Gasteiger partial charge in [0.15, 0.2) is 5.82 Å². The van der Waals surface area contributed by atoms with Crippen LogP contribution in [0.1, 0.15) is 16.8 Å². The lowest BCUT2D eigenvalue weighted by atomic mass is 10.1. The van der Waals surface area contributed by atoms with Crippen molar-refractivity contribution in [3.63, 3.8) is 0 Å². The Kier molecular flexibility index (Phi) is 3.60. The molecule has 0 aliphatic carbocycles. The third-order valence-electron chi connectivity index (χ3n) is 3.29. The summed E-state index contributed by atoms with van der Waals surface area (Å²) in [6.45, 7) is 2.04. The predicted molar refractivity (Wildman–Crippen MR) is 82.1 cm³/mol. The highest BCUT2D eigenvalue weighted by Crippen LogP contribution is 2.13. The maximum absolute atomic E-state index is 11.9. The van der Waals surface area contributed by atoms with E-state index in [1.54, 1.807) is 0 Å². The molecule has 0 saturated carbocycles. The molecule has 0 aliphatic rings. The zero-order chi connectivity index (χ0) is 14.7. The fourth-order valence-electron chi connectivity index (χ4n) is 2.11. The first-order valence-corrected chi connectivity index (χ1v) is 6.79. The topological polar surface area (TPSA) is 58.6 Å². The average molecular weight is 277 g/mol. The molecule has 1 N–H and O–H groups in total. The van der Waals surface area contributed by atoms with Crippen LogP contribution in [0.4, 0.5) is 0 Å². The third-order valence-corrected chi connectivity index (χ3v) is 3.29. The molecule has 21 heavy (non-hydrogen) atoms. The standard InChI is InChI=1S/C17H15N3O/c1-12-7-9-13(10-8-12)11-15-17(21)20-19-16(18-15)14-5-3-2-4-6-14/h2-10H,11H2,1H3,(H,20,21). The number of hydrogen-bond acceptors (Lipinski definition) is 3. The molecule has 4 heteroatoms. The van der Waals surface area contributed by atoms with Crippen molar-refractivity contribution < 1.29 is 0 Å². The molecule has 0 amide bonds. The second-order valence-electron chi connectivity index (χ2n) is 4.96. The third kappa shape index (κ3) is 3.05. The lowest BCUT2D eigenvalue weighted by Gasteiger charge is -2.04. The van der Waals surface area contributed by atoms with Crippen LogP contribution in [0.5, 0.6) is 0 Å². The summed E-state index contributed by atoms with van der Waals surface area (Å²) >= 11 is 0. The van der Waals surface area contributed by atoms with Crippen molar-refractivity contribution >= 4 is 0 Å². The van der Waals surface area contributed by atoms with Crippen LogP contribution in [0.25, 0.3) is 11.4 Å². The van der Waals surface area contributed by atoms with E-state index >= 15 is 0 Å². The van der Waals surface area contributed by atoms with E-state index in [4.69, 9.17) is 0 Å². The molecule has 0 spiro atoms. The van der Waals surface area contributed by atoms with Crippen molar-refractivity contribution in [2.75, 3.05) is 0 Å². The monoisotopic (exact) mass is 277 g/mol. The molecule has 0 unspecified atom stereocenters. The number of rotatable bonds is 3. The first kappa shape index (κ1) is 13.2. The van der Waals surface area contributed by atoms with E-state index in [0.717, 1.165) is 11.1 Å². The van der Waals surface area contributed by atoms with Gasteiger partial charge in [0, 0.05) is 12.0 Å². The molecule has 104 valence electrons. The number of aromatic nitrogens is 3. The Hall–Kier alpha value is -2.75. The van der Waals surface area contributed by atoms with Crippen molar-refractivity contribution in [3.05, 3.63) is 81.8 Å². The van der Waals surface area contributed by atoms with Crippen molar-refractivity contribution in [1.29, 1.82) is 0 Å². The zero-order valence-corrected chi connectivity index (χ0v) is 11.7. The van der Waals surface area contributed by atoms with Gasteiger partial charge in [-0.05, 0) is 12.5 Å². The van der Waals surface area contributed by atoms with Gasteiger partial charge in [0.1, 0.15) is 5.69 Å². The lowest BCUT2D eigenvalue weighted by Crippen LogP contribution is -2.18. The van der Waals surface area contributed by atoms with Gasteiger partial charge in [0.25, 0.3) is 5.56 Å². The first-order valence-electron chi connectivity index (χ1n) is 6.79. The fourth-order valence-corrected chi connectivity index (χ4v) is 2.11. The van der Waals surface area contributed by atoms with Crippen LogP contribution in [-0.2, 0) is 6.42 Å². The lowest BCUT2D eigenvalue weighted by molar-refractivity contribution is 0.883. The van der Waals surface area contributed by atoms with Gasteiger partial charge in [-0.25, -0.2) is 10.1 Å². The Morgan fingerprint density at radius 2 is 1.71 bits per heavy atom. The highest BCUT2D eigenvalue weighted by molar-refractivity contribution is 5.53. The van der Waals surface area contributed by atoms with Crippen molar-refractivity contribution in [2.45, 2.75) is 13.3 Å². The summed E-state index contributed by atoms with van der Waals surface area (Å²) in [6.07, 6.45) is 0.498. The molecule has 0 bridgehead atoms. The molecule has 4 nitrogen and oxygen atoms in total. The smallest absolute Gasteiger partial charge is 0.266 e. The second kappa shape index (κ2) is 5.71. The maximum Gasteiger partial charge on any atom is 0.286 e. The fraction of sp³-hybridized carbons (Fsp3) is 0.118. The number of aryl methyl sites for hydroxylation is 1. The van der Waals surface area contributed by atoms with Crippen LogP contribution in [0, 0.1) is 6.92 Å². The molecule has 1 aromatic heterocycles. The van der Waals surface area contributed by atoms with Gasteiger partial charge in [-0.1, -0.05) is 60.2 Å². The molecule has 2 aromatic carbocycles. The minimum atomic E-state index is -0.241. The summed E-state index contributed by atoms with van der Waals surface area (Å²) in [4.78, 5) is 16.3. The van der Waals surface area contributed by atoms with E-state index in [2.05, 4.69) is 15.2 Å². The summed E-state index contributed by atoms with van der Waals surface area (Å²) in [6, 6.07) is 17.7. The molecular formula is C17H15N3O. The van der Waals surface area contributed by atoms with Crippen LogP contribution < -0.4 is 5.56 Å². The first-order chi connectivity index (χ1) is 10.2. The van der Waals surface area contributed by atoms with Crippen molar-refractivity contribution in [1.82, 2.24) is 15.2 Å². The molecule has 0 radical (unpaired) electrons. The Morgan fingerprint density at radius 1 is 1.00 bits per heavy atom. The summed E-state index contributed by atoms with van der Waals surface area (Å²) in [5.41, 5.74) is 3.38. The van der Waals surface area contributed by atoms with Crippen LogP contribution in [0.15, 0.2) is 59.4 Å². The van der Waals surface area contributed by atoms with Gasteiger partial charge >= 0.3 is 0 Å². The van der Waals surface area contributed by atoms with E-state index in [0.29, 0.717) is 17.9 Å². The van der Waals surface area contributed by atoms with Gasteiger partial charge < -0.3 is 0 Å². The quantitative estimate of drug-likeness (QED) is 0.800. The molecule has 0 aliphatic heterocycles. The van der Waals surface area contributed by atoms with Crippen molar-refractivity contribution in [3.8, 4) is 11.4 Å². The van der Waals surface area contributed by atoms with E-state index < -0.39 is 0 Å². The van der Waals surface area contributed by atoms with Crippen LogP contribution >= 0.6 is 0 Å². The molecule has 0 saturated heterocycles. The van der Waals surface area contributed by atoms with E-state index in [1.807, 2.05) is 61.5 Å².